The van der Waals surface area contributed by atoms with Gasteiger partial charge in [-0.3, -0.25) is 9.59 Å². The van der Waals surface area contributed by atoms with Gasteiger partial charge >= 0.3 is 0 Å². The van der Waals surface area contributed by atoms with Crippen molar-refractivity contribution in [2.24, 2.45) is 0 Å². The van der Waals surface area contributed by atoms with Crippen LogP contribution in [0.15, 0.2) is 35.5 Å². The standard InChI is InChI=1S/C14H16N2O2/c1-9-12(7-8-13(9)17)16-11-5-3-10(4-6-11)14(18)15-2/h3-6,16H,7-8H2,1-2H3,(H,15,18). The second-order valence-electron chi connectivity index (χ2n) is 4.31. The number of hydrogen-bond donors (Lipinski definition) is 2. The van der Waals surface area contributed by atoms with Crippen molar-refractivity contribution >= 4 is 17.4 Å². The second kappa shape index (κ2) is 5.04. The molecule has 0 aromatic heterocycles. The summed E-state index contributed by atoms with van der Waals surface area (Å²) in [6.45, 7) is 1.84. The van der Waals surface area contributed by atoms with E-state index in [-0.39, 0.29) is 11.7 Å². The van der Waals surface area contributed by atoms with Crippen molar-refractivity contribution in [3.8, 4) is 0 Å². The third-order valence-electron chi connectivity index (χ3n) is 3.14. The molecule has 1 aliphatic carbocycles. The number of rotatable bonds is 3. The van der Waals surface area contributed by atoms with Crippen LogP contribution in [0.3, 0.4) is 0 Å². The van der Waals surface area contributed by atoms with Crippen LogP contribution in [-0.4, -0.2) is 18.7 Å². The minimum atomic E-state index is -0.104. The summed E-state index contributed by atoms with van der Waals surface area (Å²) in [7, 11) is 1.60. The normalized spacial score (nSPS) is 14.9. The van der Waals surface area contributed by atoms with Gasteiger partial charge in [-0.2, -0.15) is 0 Å². The van der Waals surface area contributed by atoms with Gasteiger partial charge in [-0.25, -0.2) is 0 Å². The topological polar surface area (TPSA) is 58.2 Å². The van der Waals surface area contributed by atoms with Crippen LogP contribution in [-0.2, 0) is 4.79 Å². The van der Waals surface area contributed by atoms with E-state index in [0.29, 0.717) is 12.0 Å². The number of amides is 1. The molecule has 0 spiro atoms. The van der Waals surface area contributed by atoms with Crippen molar-refractivity contribution in [2.45, 2.75) is 19.8 Å². The molecule has 1 aromatic rings. The van der Waals surface area contributed by atoms with Gasteiger partial charge in [0.1, 0.15) is 0 Å². The van der Waals surface area contributed by atoms with E-state index in [0.717, 1.165) is 23.4 Å². The van der Waals surface area contributed by atoms with Crippen molar-refractivity contribution in [1.29, 1.82) is 0 Å². The molecule has 0 atom stereocenters. The predicted molar refractivity (Wildman–Crippen MR) is 70.4 cm³/mol. The maximum Gasteiger partial charge on any atom is 0.251 e. The van der Waals surface area contributed by atoms with Gasteiger partial charge in [0, 0.05) is 36.0 Å². The molecule has 0 unspecified atom stereocenters. The third-order valence-corrected chi connectivity index (χ3v) is 3.14. The summed E-state index contributed by atoms with van der Waals surface area (Å²) < 4.78 is 0. The summed E-state index contributed by atoms with van der Waals surface area (Å²) >= 11 is 0. The van der Waals surface area contributed by atoms with Crippen molar-refractivity contribution < 1.29 is 9.59 Å². The molecule has 0 bridgehead atoms. The molecule has 0 radical (unpaired) electrons. The van der Waals surface area contributed by atoms with Crippen molar-refractivity contribution in [3.05, 3.63) is 41.1 Å². The smallest absolute Gasteiger partial charge is 0.251 e. The lowest BCUT2D eigenvalue weighted by atomic mass is 10.2. The maximum absolute atomic E-state index is 11.4. The molecule has 4 heteroatoms. The highest BCUT2D eigenvalue weighted by molar-refractivity contribution is 5.98. The van der Waals surface area contributed by atoms with Gasteiger partial charge in [0.15, 0.2) is 5.78 Å². The number of ketones is 1. The average molecular weight is 244 g/mol. The zero-order valence-electron chi connectivity index (χ0n) is 10.5. The molecule has 0 saturated carbocycles. The zero-order chi connectivity index (χ0) is 13.1. The fourth-order valence-electron chi connectivity index (χ4n) is 1.96. The number of hydrogen-bond acceptors (Lipinski definition) is 3. The summed E-state index contributed by atoms with van der Waals surface area (Å²) in [5.74, 6) is 0.104. The number of anilines is 1. The molecule has 1 amide bonds. The fourth-order valence-corrected chi connectivity index (χ4v) is 1.96. The summed E-state index contributed by atoms with van der Waals surface area (Å²) in [5.41, 5.74) is 3.31. The molecule has 1 aromatic carbocycles. The lowest BCUT2D eigenvalue weighted by Crippen LogP contribution is -2.17. The molecule has 94 valence electrons. The zero-order valence-corrected chi connectivity index (χ0v) is 10.5. The molecule has 2 rings (SSSR count). The van der Waals surface area contributed by atoms with Crippen molar-refractivity contribution in [1.82, 2.24) is 5.32 Å². The minimum absolute atomic E-state index is 0.104. The maximum atomic E-state index is 11.4. The Morgan fingerprint density at radius 3 is 2.33 bits per heavy atom. The summed E-state index contributed by atoms with van der Waals surface area (Å²) in [6.07, 6.45) is 1.35. The molecule has 2 N–H and O–H groups in total. The molecule has 0 aliphatic heterocycles. The van der Waals surface area contributed by atoms with Gasteiger partial charge in [-0.15, -0.1) is 0 Å². The van der Waals surface area contributed by atoms with Crippen LogP contribution in [0.5, 0.6) is 0 Å². The first-order valence-corrected chi connectivity index (χ1v) is 5.94. The predicted octanol–water partition coefficient (Wildman–Crippen LogP) is 2.09. The summed E-state index contributed by atoms with van der Waals surface area (Å²) in [5, 5.41) is 5.81. The molecule has 0 fully saturated rings. The van der Waals surface area contributed by atoms with Gasteiger partial charge in [-0.05, 0) is 37.6 Å². The Bertz CT molecular complexity index is 515. The lowest BCUT2D eigenvalue weighted by molar-refractivity contribution is -0.114. The largest absolute Gasteiger partial charge is 0.359 e. The molecule has 0 saturated heterocycles. The Balaban J connectivity index is 2.12. The SMILES string of the molecule is CNC(=O)c1ccc(NC2=C(C)C(=O)CC2)cc1. The number of allylic oxidation sites excluding steroid dienone is 2. The third kappa shape index (κ3) is 2.42. The molecular formula is C14H16N2O2. The Kier molecular flexibility index (Phi) is 3.46. The van der Waals surface area contributed by atoms with E-state index in [1.165, 1.54) is 0 Å². The fraction of sp³-hybridized carbons (Fsp3) is 0.286. The van der Waals surface area contributed by atoms with Gasteiger partial charge in [-0.1, -0.05) is 0 Å². The van der Waals surface area contributed by atoms with Crippen LogP contribution in [0, 0.1) is 0 Å². The van der Waals surface area contributed by atoms with E-state index in [9.17, 15) is 9.59 Å². The van der Waals surface area contributed by atoms with E-state index in [1.54, 1.807) is 19.2 Å². The Hall–Kier alpha value is -2.10. The highest BCUT2D eigenvalue weighted by atomic mass is 16.1. The quantitative estimate of drug-likeness (QED) is 0.856. The van der Waals surface area contributed by atoms with E-state index in [2.05, 4.69) is 10.6 Å². The number of nitrogens with one attached hydrogen (secondary N) is 2. The van der Waals surface area contributed by atoms with Crippen LogP contribution in [0.1, 0.15) is 30.1 Å². The van der Waals surface area contributed by atoms with Crippen molar-refractivity contribution in [2.75, 3.05) is 12.4 Å². The van der Waals surface area contributed by atoms with E-state index >= 15 is 0 Å². The lowest BCUT2D eigenvalue weighted by Gasteiger charge is -2.08. The number of carbonyl (C=O) groups excluding carboxylic acids is 2. The van der Waals surface area contributed by atoms with Gasteiger partial charge in [0.2, 0.25) is 0 Å². The van der Waals surface area contributed by atoms with Gasteiger partial charge < -0.3 is 10.6 Å². The Morgan fingerprint density at radius 1 is 1.17 bits per heavy atom. The van der Waals surface area contributed by atoms with Crippen molar-refractivity contribution in [3.63, 3.8) is 0 Å². The van der Waals surface area contributed by atoms with E-state index < -0.39 is 0 Å². The number of carbonyl (C=O) groups is 2. The second-order valence-corrected chi connectivity index (χ2v) is 4.31. The monoisotopic (exact) mass is 244 g/mol. The van der Waals surface area contributed by atoms with Crippen LogP contribution in [0.4, 0.5) is 5.69 Å². The van der Waals surface area contributed by atoms with Gasteiger partial charge in [0.25, 0.3) is 5.91 Å². The minimum Gasteiger partial charge on any atom is -0.359 e. The van der Waals surface area contributed by atoms with Crippen LogP contribution >= 0.6 is 0 Å². The molecule has 1 aliphatic rings. The summed E-state index contributed by atoms with van der Waals surface area (Å²) in [4.78, 5) is 22.8. The Morgan fingerprint density at radius 2 is 1.83 bits per heavy atom. The summed E-state index contributed by atoms with van der Waals surface area (Å²) in [6, 6.07) is 7.20. The molecule has 18 heavy (non-hydrogen) atoms. The molecule has 4 nitrogen and oxygen atoms in total. The van der Waals surface area contributed by atoms with Crippen LogP contribution in [0.2, 0.25) is 0 Å². The number of Topliss-reactive ketones (excluding diaryl/α,β-unsaturated/α-hetero) is 1. The highest BCUT2D eigenvalue weighted by Crippen LogP contribution is 2.24. The van der Waals surface area contributed by atoms with E-state index in [4.69, 9.17) is 0 Å². The molecular weight excluding hydrogens is 228 g/mol. The number of benzene rings is 1. The van der Waals surface area contributed by atoms with E-state index in [1.807, 2.05) is 19.1 Å². The average Bonchev–Trinajstić information content (AvgIpc) is 2.71. The molecule has 0 heterocycles. The first kappa shape index (κ1) is 12.4. The van der Waals surface area contributed by atoms with Crippen LogP contribution < -0.4 is 10.6 Å². The van der Waals surface area contributed by atoms with Crippen LogP contribution in [0.25, 0.3) is 0 Å². The highest BCUT2D eigenvalue weighted by Gasteiger charge is 2.18. The Labute approximate surface area is 106 Å². The first-order valence-electron chi connectivity index (χ1n) is 5.94. The first-order chi connectivity index (χ1) is 8.61. The van der Waals surface area contributed by atoms with Gasteiger partial charge in [0.05, 0.1) is 0 Å².